The summed E-state index contributed by atoms with van der Waals surface area (Å²) in [4.78, 5) is 10.4. The third-order valence-electron chi connectivity index (χ3n) is 2.32. The summed E-state index contributed by atoms with van der Waals surface area (Å²) in [5.41, 5.74) is 1.20. The zero-order valence-electron chi connectivity index (χ0n) is 10.1. The van der Waals surface area contributed by atoms with Crippen LogP contribution in [0.5, 0.6) is 5.75 Å². The number of carbonyl (C=O) groups is 1. The van der Waals surface area contributed by atoms with Gasteiger partial charge in [-0.1, -0.05) is 0 Å². The van der Waals surface area contributed by atoms with Crippen LogP contribution in [0.15, 0.2) is 17.0 Å². The van der Waals surface area contributed by atoms with E-state index in [0.717, 1.165) is 0 Å². The SMILES string of the molecule is Cc1cc(S(N)(=O)=O)cc(C)c1OCCC(=O)O. The van der Waals surface area contributed by atoms with E-state index in [1.807, 2.05) is 0 Å². The number of hydrogen-bond acceptors (Lipinski definition) is 4. The molecular formula is C11H15NO5S. The third-order valence-corrected chi connectivity index (χ3v) is 3.22. The van der Waals surface area contributed by atoms with Crippen LogP contribution in [0, 0.1) is 13.8 Å². The molecule has 0 aromatic heterocycles. The summed E-state index contributed by atoms with van der Waals surface area (Å²) in [6, 6.07) is 2.80. The van der Waals surface area contributed by atoms with Gasteiger partial charge in [0.05, 0.1) is 17.9 Å². The summed E-state index contributed by atoms with van der Waals surface area (Å²) < 4.78 is 27.8. The number of nitrogens with two attached hydrogens (primary N) is 1. The van der Waals surface area contributed by atoms with Crippen molar-refractivity contribution < 1.29 is 23.1 Å². The Morgan fingerprint density at radius 1 is 1.33 bits per heavy atom. The first-order valence-electron chi connectivity index (χ1n) is 5.20. The van der Waals surface area contributed by atoms with E-state index < -0.39 is 16.0 Å². The Labute approximate surface area is 105 Å². The molecule has 0 saturated carbocycles. The number of rotatable bonds is 5. The van der Waals surface area contributed by atoms with Crippen molar-refractivity contribution >= 4 is 16.0 Å². The molecule has 1 rings (SSSR count). The van der Waals surface area contributed by atoms with Crippen LogP contribution < -0.4 is 9.88 Å². The van der Waals surface area contributed by atoms with E-state index in [9.17, 15) is 13.2 Å². The number of benzene rings is 1. The van der Waals surface area contributed by atoms with Crippen molar-refractivity contribution in [3.63, 3.8) is 0 Å². The molecule has 0 unspecified atom stereocenters. The topological polar surface area (TPSA) is 107 Å². The van der Waals surface area contributed by atoms with Gasteiger partial charge < -0.3 is 9.84 Å². The van der Waals surface area contributed by atoms with E-state index in [1.165, 1.54) is 12.1 Å². The van der Waals surface area contributed by atoms with Crippen LogP contribution in [0.3, 0.4) is 0 Å². The minimum absolute atomic E-state index is 0.0167. The number of aryl methyl sites for hydroxylation is 2. The summed E-state index contributed by atoms with van der Waals surface area (Å²) in [7, 11) is -3.75. The van der Waals surface area contributed by atoms with E-state index >= 15 is 0 Å². The zero-order valence-corrected chi connectivity index (χ0v) is 11.0. The number of sulfonamides is 1. The van der Waals surface area contributed by atoms with Gasteiger partial charge in [-0.3, -0.25) is 4.79 Å². The summed E-state index contributed by atoms with van der Waals surface area (Å²) in [5.74, 6) is -0.463. The van der Waals surface area contributed by atoms with Crippen molar-refractivity contribution in [2.45, 2.75) is 25.2 Å². The maximum atomic E-state index is 11.2. The fourth-order valence-corrected chi connectivity index (χ4v) is 2.22. The van der Waals surface area contributed by atoms with Gasteiger partial charge in [0.25, 0.3) is 0 Å². The van der Waals surface area contributed by atoms with Crippen LogP contribution >= 0.6 is 0 Å². The number of carboxylic acid groups (broad SMARTS) is 1. The Bertz CT molecular complexity index is 542. The first-order valence-corrected chi connectivity index (χ1v) is 6.75. The van der Waals surface area contributed by atoms with Gasteiger partial charge in [-0.25, -0.2) is 13.6 Å². The van der Waals surface area contributed by atoms with Gasteiger partial charge in [0.2, 0.25) is 10.0 Å². The molecule has 0 aliphatic rings. The van der Waals surface area contributed by atoms with Crippen molar-refractivity contribution in [2.75, 3.05) is 6.61 Å². The van der Waals surface area contributed by atoms with E-state index in [4.69, 9.17) is 15.0 Å². The average molecular weight is 273 g/mol. The lowest BCUT2D eigenvalue weighted by Crippen LogP contribution is -2.13. The maximum Gasteiger partial charge on any atom is 0.306 e. The molecule has 0 amide bonds. The Kier molecular flexibility index (Phi) is 4.31. The van der Waals surface area contributed by atoms with Crippen molar-refractivity contribution in [2.24, 2.45) is 5.14 Å². The molecule has 1 aromatic carbocycles. The summed E-state index contributed by atoms with van der Waals surface area (Å²) in [6.07, 6.45) is -0.115. The monoisotopic (exact) mass is 273 g/mol. The molecule has 18 heavy (non-hydrogen) atoms. The quantitative estimate of drug-likeness (QED) is 0.825. The predicted octanol–water partition coefficient (Wildman–Crippen LogP) is 0.804. The number of ether oxygens (including phenoxy) is 1. The first kappa shape index (κ1) is 14.5. The Hall–Kier alpha value is -1.60. The van der Waals surface area contributed by atoms with E-state index in [-0.39, 0.29) is 17.9 Å². The molecule has 6 nitrogen and oxygen atoms in total. The first-order chi connectivity index (χ1) is 8.21. The van der Waals surface area contributed by atoms with Crippen molar-refractivity contribution in [3.8, 4) is 5.75 Å². The molecule has 7 heteroatoms. The summed E-state index contributed by atoms with van der Waals surface area (Å²) in [5, 5.41) is 13.5. The minimum atomic E-state index is -3.75. The lowest BCUT2D eigenvalue weighted by Gasteiger charge is -2.12. The third kappa shape index (κ3) is 3.71. The van der Waals surface area contributed by atoms with Gasteiger partial charge in [0.1, 0.15) is 5.75 Å². The number of primary sulfonamides is 1. The standard InChI is InChI=1S/C11H15NO5S/c1-7-5-9(18(12,15)16)6-8(2)11(7)17-4-3-10(13)14/h5-6H,3-4H2,1-2H3,(H,13,14)(H2,12,15,16). The number of aliphatic carboxylic acids is 1. The van der Waals surface area contributed by atoms with Crippen molar-refractivity contribution in [1.82, 2.24) is 0 Å². The highest BCUT2D eigenvalue weighted by molar-refractivity contribution is 7.89. The number of carboxylic acids is 1. The van der Waals surface area contributed by atoms with Gasteiger partial charge in [-0.05, 0) is 37.1 Å². The Morgan fingerprint density at radius 2 is 1.83 bits per heavy atom. The second-order valence-electron chi connectivity index (χ2n) is 3.92. The normalized spacial score (nSPS) is 11.3. The molecule has 100 valence electrons. The second-order valence-corrected chi connectivity index (χ2v) is 5.48. The van der Waals surface area contributed by atoms with E-state index in [0.29, 0.717) is 16.9 Å². The zero-order chi connectivity index (χ0) is 13.9. The molecule has 0 aliphatic heterocycles. The van der Waals surface area contributed by atoms with Crippen LogP contribution in [-0.2, 0) is 14.8 Å². The van der Waals surface area contributed by atoms with Crippen LogP contribution in [0.4, 0.5) is 0 Å². The highest BCUT2D eigenvalue weighted by Gasteiger charge is 2.13. The van der Waals surface area contributed by atoms with Gasteiger partial charge in [-0.2, -0.15) is 0 Å². The van der Waals surface area contributed by atoms with Crippen molar-refractivity contribution in [1.29, 1.82) is 0 Å². The van der Waals surface area contributed by atoms with Crippen LogP contribution in [0.25, 0.3) is 0 Å². The molecular weight excluding hydrogens is 258 g/mol. The van der Waals surface area contributed by atoms with E-state index in [1.54, 1.807) is 13.8 Å². The largest absolute Gasteiger partial charge is 0.492 e. The van der Waals surface area contributed by atoms with Gasteiger partial charge >= 0.3 is 5.97 Å². The molecule has 1 aromatic rings. The fourth-order valence-electron chi connectivity index (χ4n) is 1.54. The molecule has 0 heterocycles. The lowest BCUT2D eigenvalue weighted by atomic mass is 10.1. The Morgan fingerprint density at radius 3 is 2.22 bits per heavy atom. The number of hydrogen-bond donors (Lipinski definition) is 2. The predicted molar refractivity (Wildman–Crippen MR) is 65.0 cm³/mol. The van der Waals surface area contributed by atoms with Crippen LogP contribution in [-0.4, -0.2) is 26.1 Å². The smallest absolute Gasteiger partial charge is 0.306 e. The molecule has 0 radical (unpaired) electrons. The molecule has 0 fully saturated rings. The van der Waals surface area contributed by atoms with Crippen LogP contribution in [0.1, 0.15) is 17.5 Å². The molecule has 0 spiro atoms. The van der Waals surface area contributed by atoms with Gasteiger partial charge in [0, 0.05) is 0 Å². The molecule has 3 N–H and O–H groups in total. The van der Waals surface area contributed by atoms with Gasteiger partial charge in [-0.15, -0.1) is 0 Å². The summed E-state index contributed by atoms with van der Waals surface area (Å²) in [6.45, 7) is 3.39. The highest BCUT2D eigenvalue weighted by Crippen LogP contribution is 2.26. The molecule has 0 aliphatic carbocycles. The van der Waals surface area contributed by atoms with Gasteiger partial charge in [0.15, 0.2) is 0 Å². The van der Waals surface area contributed by atoms with Crippen LogP contribution in [0.2, 0.25) is 0 Å². The average Bonchev–Trinajstić information content (AvgIpc) is 2.20. The maximum absolute atomic E-state index is 11.2. The Balaban J connectivity index is 2.99. The molecule has 0 atom stereocenters. The minimum Gasteiger partial charge on any atom is -0.492 e. The lowest BCUT2D eigenvalue weighted by molar-refractivity contribution is -0.137. The van der Waals surface area contributed by atoms with Crippen molar-refractivity contribution in [3.05, 3.63) is 23.3 Å². The highest BCUT2D eigenvalue weighted by atomic mass is 32.2. The fraction of sp³-hybridized carbons (Fsp3) is 0.364. The molecule has 0 bridgehead atoms. The van der Waals surface area contributed by atoms with E-state index in [2.05, 4.69) is 0 Å². The molecule has 0 saturated heterocycles. The summed E-state index contributed by atoms with van der Waals surface area (Å²) >= 11 is 0. The second kappa shape index (κ2) is 5.36.